The van der Waals surface area contributed by atoms with Crippen molar-refractivity contribution in [1.29, 1.82) is 0 Å². The summed E-state index contributed by atoms with van der Waals surface area (Å²) in [5.74, 6) is -0.0116. The van der Waals surface area contributed by atoms with Crippen LogP contribution in [-0.2, 0) is 0 Å². The Morgan fingerprint density at radius 3 is 2.48 bits per heavy atom. The molecule has 0 amide bonds. The third kappa shape index (κ3) is 3.92. The summed E-state index contributed by atoms with van der Waals surface area (Å²) in [7, 11) is 0. The summed E-state index contributed by atoms with van der Waals surface area (Å²) < 4.78 is 5.23. The fourth-order valence-electron chi connectivity index (χ4n) is 2.51. The molecule has 25 heavy (non-hydrogen) atoms. The first-order chi connectivity index (χ1) is 11.9. The highest BCUT2D eigenvalue weighted by atomic mass is 32.1. The van der Waals surface area contributed by atoms with Crippen molar-refractivity contribution in [2.75, 3.05) is 10.6 Å². The van der Waals surface area contributed by atoms with Crippen molar-refractivity contribution in [2.45, 2.75) is 13.8 Å². The summed E-state index contributed by atoms with van der Waals surface area (Å²) in [6.07, 6.45) is 0. The topological polar surface area (TPSA) is 71.3 Å². The largest absolute Gasteiger partial charge is 0.423 e. The van der Waals surface area contributed by atoms with Gasteiger partial charge in [-0.05, 0) is 55.9 Å². The van der Waals surface area contributed by atoms with E-state index in [9.17, 15) is 9.59 Å². The van der Waals surface area contributed by atoms with E-state index in [1.807, 2.05) is 25.1 Å². The summed E-state index contributed by atoms with van der Waals surface area (Å²) in [6.45, 7) is 3.38. The second-order valence-electron chi connectivity index (χ2n) is 5.68. The zero-order valence-electron chi connectivity index (χ0n) is 13.8. The average Bonchev–Trinajstić information content (AvgIpc) is 2.54. The fourth-order valence-corrected chi connectivity index (χ4v) is 2.75. The van der Waals surface area contributed by atoms with E-state index < -0.39 is 0 Å². The van der Waals surface area contributed by atoms with E-state index in [2.05, 4.69) is 10.6 Å². The number of thiocarbonyl (C=S) groups is 1. The molecule has 0 aliphatic carbocycles. The highest BCUT2D eigenvalue weighted by molar-refractivity contribution is 7.80. The molecule has 126 valence electrons. The molecule has 0 unspecified atom stereocenters. The Morgan fingerprint density at radius 2 is 1.76 bits per heavy atom. The predicted octanol–water partition coefficient (Wildman–Crippen LogP) is 4.11. The molecule has 3 aromatic rings. The molecule has 0 saturated carbocycles. The summed E-state index contributed by atoms with van der Waals surface area (Å²) in [4.78, 5) is 23.0. The predicted molar refractivity (Wildman–Crippen MR) is 104 cm³/mol. The maximum atomic E-state index is 11.5. The number of ketones is 1. The molecule has 3 rings (SSSR count). The summed E-state index contributed by atoms with van der Waals surface area (Å²) in [6, 6.07) is 14.0. The molecular weight excluding hydrogens is 336 g/mol. The number of carbonyl (C=O) groups is 1. The molecule has 0 fully saturated rings. The normalized spacial score (nSPS) is 10.5. The second-order valence-corrected chi connectivity index (χ2v) is 6.08. The monoisotopic (exact) mass is 352 g/mol. The molecular formula is C19H16N2O3S. The maximum absolute atomic E-state index is 11.5. The minimum Gasteiger partial charge on any atom is -0.423 e. The van der Waals surface area contributed by atoms with Gasteiger partial charge in [-0.1, -0.05) is 12.1 Å². The molecule has 0 bridgehead atoms. The lowest BCUT2D eigenvalue weighted by atomic mass is 10.1. The van der Waals surface area contributed by atoms with Crippen molar-refractivity contribution in [3.05, 3.63) is 70.1 Å². The Labute approximate surface area is 149 Å². The van der Waals surface area contributed by atoms with Crippen molar-refractivity contribution in [2.24, 2.45) is 0 Å². The zero-order valence-corrected chi connectivity index (χ0v) is 14.6. The number of hydrogen-bond donors (Lipinski definition) is 2. The van der Waals surface area contributed by atoms with E-state index in [1.54, 1.807) is 24.3 Å². The van der Waals surface area contributed by atoms with Gasteiger partial charge in [0.1, 0.15) is 5.58 Å². The van der Waals surface area contributed by atoms with E-state index in [4.69, 9.17) is 16.6 Å². The van der Waals surface area contributed by atoms with Crippen molar-refractivity contribution in [1.82, 2.24) is 0 Å². The van der Waals surface area contributed by atoms with Crippen LogP contribution in [-0.4, -0.2) is 10.9 Å². The number of carbonyl (C=O) groups excluding carboxylic acids is 1. The zero-order chi connectivity index (χ0) is 18.0. The fraction of sp³-hybridized carbons (Fsp3) is 0.105. The molecule has 0 atom stereocenters. The lowest BCUT2D eigenvalue weighted by Gasteiger charge is -2.12. The number of fused-ring (bicyclic) bond motifs is 1. The van der Waals surface area contributed by atoms with E-state index in [0.717, 1.165) is 10.9 Å². The van der Waals surface area contributed by atoms with Gasteiger partial charge in [0.2, 0.25) is 0 Å². The van der Waals surface area contributed by atoms with E-state index in [0.29, 0.717) is 27.6 Å². The lowest BCUT2D eigenvalue weighted by molar-refractivity contribution is 0.101. The average molecular weight is 352 g/mol. The molecule has 0 aliphatic heterocycles. The number of rotatable bonds is 3. The van der Waals surface area contributed by atoms with Gasteiger partial charge in [-0.3, -0.25) is 4.79 Å². The first-order valence-corrected chi connectivity index (χ1v) is 8.07. The molecule has 6 heteroatoms. The Morgan fingerprint density at radius 1 is 1.04 bits per heavy atom. The van der Waals surface area contributed by atoms with Gasteiger partial charge in [-0.15, -0.1) is 0 Å². The first kappa shape index (κ1) is 16.9. The molecule has 2 aromatic carbocycles. The van der Waals surface area contributed by atoms with E-state index >= 15 is 0 Å². The minimum absolute atomic E-state index is 0.0116. The quantitative estimate of drug-likeness (QED) is 0.420. The van der Waals surface area contributed by atoms with E-state index in [-0.39, 0.29) is 11.4 Å². The van der Waals surface area contributed by atoms with Crippen LogP contribution in [0.25, 0.3) is 11.0 Å². The molecule has 0 radical (unpaired) electrons. The Bertz CT molecular complexity index is 1040. The number of nitrogens with one attached hydrogen (secondary N) is 2. The lowest BCUT2D eigenvalue weighted by Crippen LogP contribution is -2.19. The highest BCUT2D eigenvalue weighted by Crippen LogP contribution is 2.21. The van der Waals surface area contributed by atoms with Gasteiger partial charge in [-0.25, -0.2) is 4.79 Å². The van der Waals surface area contributed by atoms with Crippen LogP contribution in [0.15, 0.2) is 57.7 Å². The summed E-state index contributed by atoms with van der Waals surface area (Å²) >= 11 is 5.30. The van der Waals surface area contributed by atoms with Gasteiger partial charge in [0, 0.05) is 34.5 Å². The number of hydrogen-bond acceptors (Lipinski definition) is 4. The van der Waals surface area contributed by atoms with Gasteiger partial charge in [-0.2, -0.15) is 0 Å². The second kappa shape index (κ2) is 6.86. The van der Waals surface area contributed by atoms with Crippen LogP contribution in [0, 0.1) is 6.92 Å². The van der Waals surface area contributed by atoms with Gasteiger partial charge in [0.05, 0.1) is 0 Å². The van der Waals surface area contributed by atoms with Gasteiger partial charge in [0.25, 0.3) is 0 Å². The smallest absolute Gasteiger partial charge is 0.336 e. The van der Waals surface area contributed by atoms with Crippen LogP contribution < -0.4 is 16.3 Å². The van der Waals surface area contributed by atoms with Crippen LogP contribution in [0.5, 0.6) is 0 Å². The van der Waals surface area contributed by atoms with Gasteiger partial charge >= 0.3 is 5.63 Å². The Balaban J connectivity index is 1.79. The molecule has 5 nitrogen and oxygen atoms in total. The summed E-state index contributed by atoms with van der Waals surface area (Å²) in [5.41, 5.74) is 2.99. The number of Topliss-reactive ketones (excluding diaryl/α,β-unsaturated/α-hetero) is 1. The standard InChI is InChI=1S/C19H16N2O3S/c1-11-8-18(23)24-17-10-15(6-7-16(11)17)21-19(25)20-14-5-3-4-13(9-14)12(2)22/h3-10H,1-2H3,(H2,20,21,25). The van der Waals surface area contributed by atoms with E-state index in [1.165, 1.54) is 13.0 Å². The molecule has 2 N–H and O–H groups in total. The van der Waals surface area contributed by atoms with Crippen LogP contribution in [0.2, 0.25) is 0 Å². The minimum atomic E-state index is -0.385. The van der Waals surface area contributed by atoms with Crippen LogP contribution >= 0.6 is 12.2 Å². The Kier molecular flexibility index (Phi) is 4.63. The van der Waals surface area contributed by atoms with Crippen molar-refractivity contribution < 1.29 is 9.21 Å². The van der Waals surface area contributed by atoms with Crippen molar-refractivity contribution in [3.63, 3.8) is 0 Å². The van der Waals surface area contributed by atoms with Gasteiger partial charge in [0.15, 0.2) is 10.9 Å². The summed E-state index contributed by atoms with van der Waals surface area (Å²) in [5, 5.41) is 7.32. The molecule has 0 aliphatic rings. The molecule has 0 spiro atoms. The Hall–Kier alpha value is -2.99. The molecule has 0 saturated heterocycles. The number of anilines is 2. The van der Waals surface area contributed by atoms with Crippen molar-refractivity contribution >= 4 is 45.5 Å². The highest BCUT2D eigenvalue weighted by Gasteiger charge is 2.06. The third-order valence-corrected chi connectivity index (χ3v) is 3.94. The first-order valence-electron chi connectivity index (χ1n) is 7.66. The van der Waals surface area contributed by atoms with Gasteiger partial charge < -0.3 is 15.1 Å². The third-order valence-electron chi connectivity index (χ3n) is 3.74. The van der Waals surface area contributed by atoms with Crippen molar-refractivity contribution in [3.8, 4) is 0 Å². The number of aryl methyl sites for hydroxylation is 1. The SMILES string of the molecule is CC(=O)c1cccc(NC(=S)Nc2ccc3c(C)cc(=O)oc3c2)c1. The maximum Gasteiger partial charge on any atom is 0.336 e. The van der Waals surface area contributed by atoms with Crippen LogP contribution in [0.3, 0.4) is 0 Å². The van der Waals surface area contributed by atoms with Crippen LogP contribution in [0.1, 0.15) is 22.8 Å². The number of benzene rings is 2. The molecule has 1 aromatic heterocycles. The van der Waals surface area contributed by atoms with Crippen LogP contribution in [0.4, 0.5) is 11.4 Å². The molecule has 1 heterocycles.